The molecule has 4 rings (SSSR count). The number of anilines is 2. The first-order valence-electron chi connectivity index (χ1n) is 8.34. The number of nitrogens with one attached hydrogen (secondary N) is 1. The molecule has 0 spiro atoms. The van der Waals surface area contributed by atoms with E-state index in [-0.39, 0.29) is 17.6 Å². The summed E-state index contributed by atoms with van der Waals surface area (Å²) in [6, 6.07) is 5.53. The van der Waals surface area contributed by atoms with Gasteiger partial charge in [0.1, 0.15) is 0 Å². The molecule has 0 unspecified atom stereocenters. The molecular formula is C17H16F3N5O2. The van der Waals surface area contributed by atoms with E-state index in [4.69, 9.17) is 5.21 Å². The van der Waals surface area contributed by atoms with Crippen LogP contribution in [-0.4, -0.2) is 46.3 Å². The Kier molecular flexibility index (Phi) is 4.14. The molecule has 142 valence electrons. The van der Waals surface area contributed by atoms with Crippen LogP contribution >= 0.6 is 0 Å². The summed E-state index contributed by atoms with van der Waals surface area (Å²) in [4.78, 5) is 23.8. The Morgan fingerprint density at radius 3 is 2.19 bits per heavy atom. The number of piperazine rings is 1. The van der Waals surface area contributed by atoms with Crippen LogP contribution in [0.3, 0.4) is 0 Å². The summed E-state index contributed by atoms with van der Waals surface area (Å²) in [5.74, 6) is -0.193. The quantitative estimate of drug-likeness (QED) is 0.628. The first kappa shape index (κ1) is 17.5. The maximum absolute atomic E-state index is 12.7. The summed E-state index contributed by atoms with van der Waals surface area (Å²) in [5.41, 5.74) is 1.79. The van der Waals surface area contributed by atoms with Crippen molar-refractivity contribution in [3.05, 3.63) is 47.8 Å². The number of carbonyl (C=O) groups excluding carboxylic acids is 1. The molecule has 2 atom stereocenters. The molecule has 27 heavy (non-hydrogen) atoms. The lowest BCUT2D eigenvalue weighted by atomic mass is 10.1. The van der Waals surface area contributed by atoms with Gasteiger partial charge in [0.25, 0.3) is 5.91 Å². The van der Waals surface area contributed by atoms with Crippen LogP contribution in [0.4, 0.5) is 24.8 Å². The topological polar surface area (TPSA) is 81.6 Å². The van der Waals surface area contributed by atoms with Crippen molar-refractivity contribution in [1.29, 1.82) is 0 Å². The Morgan fingerprint density at radius 1 is 1.07 bits per heavy atom. The molecule has 2 aliphatic heterocycles. The normalized spacial score (nSPS) is 21.6. The number of hydrogen-bond acceptors (Lipinski definition) is 6. The highest BCUT2D eigenvalue weighted by Crippen LogP contribution is 2.37. The van der Waals surface area contributed by atoms with Gasteiger partial charge >= 0.3 is 6.18 Å². The van der Waals surface area contributed by atoms with E-state index in [9.17, 15) is 18.0 Å². The molecule has 2 saturated heterocycles. The molecular weight excluding hydrogens is 363 g/mol. The molecule has 0 saturated carbocycles. The third-order valence-electron chi connectivity index (χ3n) is 5.03. The molecule has 2 bridgehead atoms. The molecule has 2 N–H and O–H groups in total. The van der Waals surface area contributed by atoms with Gasteiger partial charge in [0, 0.05) is 37.2 Å². The van der Waals surface area contributed by atoms with Crippen molar-refractivity contribution in [2.75, 3.05) is 22.9 Å². The molecule has 10 heteroatoms. The summed E-state index contributed by atoms with van der Waals surface area (Å²) in [6.07, 6.45) is -0.792. The lowest BCUT2D eigenvalue weighted by Gasteiger charge is -2.35. The number of halogens is 3. The van der Waals surface area contributed by atoms with Gasteiger partial charge in [-0.05, 0) is 30.7 Å². The second kappa shape index (κ2) is 6.38. The number of aromatic nitrogens is 2. The van der Waals surface area contributed by atoms with Crippen molar-refractivity contribution in [2.45, 2.75) is 24.7 Å². The fraction of sp³-hybridized carbons (Fsp3) is 0.353. The number of hydroxylamine groups is 1. The van der Waals surface area contributed by atoms with E-state index in [1.54, 1.807) is 0 Å². The van der Waals surface area contributed by atoms with Crippen LogP contribution in [0.15, 0.2) is 36.7 Å². The molecule has 1 amide bonds. The number of alkyl halides is 3. The third kappa shape index (κ3) is 3.16. The van der Waals surface area contributed by atoms with Crippen molar-refractivity contribution in [2.24, 2.45) is 0 Å². The third-order valence-corrected chi connectivity index (χ3v) is 5.03. The highest BCUT2D eigenvalue weighted by atomic mass is 19.4. The van der Waals surface area contributed by atoms with Crippen molar-refractivity contribution in [3.63, 3.8) is 0 Å². The Labute approximate surface area is 152 Å². The second-order valence-electron chi connectivity index (χ2n) is 6.61. The molecule has 2 aliphatic rings. The smallest absolute Gasteiger partial charge is 0.365 e. The zero-order chi connectivity index (χ0) is 19.2. The molecule has 1 aromatic carbocycles. The lowest BCUT2D eigenvalue weighted by molar-refractivity contribution is -0.137. The summed E-state index contributed by atoms with van der Waals surface area (Å²) in [7, 11) is 0. The van der Waals surface area contributed by atoms with Crippen molar-refractivity contribution < 1.29 is 23.2 Å². The zero-order valence-electron chi connectivity index (χ0n) is 14.0. The largest absolute Gasteiger partial charge is 0.416 e. The Hall–Kier alpha value is -2.88. The van der Waals surface area contributed by atoms with Crippen LogP contribution in [0.1, 0.15) is 22.3 Å². The van der Waals surface area contributed by atoms with Gasteiger partial charge in [0.05, 0.1) is 17.2 Å². The SMILES string of the molecule is O=C(NO)c1cnc(N2C[C@H]3C[C@@H]2CN3c2ccc(C(F)(F)F)cc2)nc1. The van der Waals surface area contributed by atoms with Gasteiger partial charge in [0.2, 0.25) is 5.95 Å². The van der Waals surface area contributed by atoms with Gasteiger partial charge in [-0.25, -0.2) is 15.4 Å². The lowest BCUT2D eigenvalue weighted by Crippen LogP contribution is -2.47. The fourth-order valence-corrected chi connectivity index (χ4v) is 3.72. The summed E-state index contributed by atoms with van der Waals surface area (Å²) in [6.45, 7) is 1.31. The first-order chi connectivity index (χ1) is 12.9. The number of nitrogens with zero attached hydrogens (tertiary/aromatic N) is 4. The van der Waals surface area contributed by atoms with Gasteiger partial charge in [-0.2, -0.15) is 13.2 Å². The highest BCUT2D eigenvalue weighted by Gasteiger charge is 2.44. The van der Waals surface area contributed by atoms with Crippen LogP contribution in [0.5, 0.6) is 0 Å². The van der Waals surface area contributed by atoms with Crippen LogP contribution in [0.25, 0.3) is 0 Å². The molecule has 3 heterocycles. The van der Waals surface area contributed by atoms with Crippen molar-refractivity contribution >= 4 is 17.5 Å². The molecule has 1 aromatic heterocycles. The van der Waals surface area contributed by atoms with E-state index < -0.39 is 17.6 Å². The minimum absolute atomic E-state index is 0.148. The number of carbonyl (C=O) groups is 1. The zero-order valence-corrected chi connectivity index (χ0v) is 14.0. The Balaban J connectivity index is 1.45. The van der Waals surface area contributed by atoms with Gasteiger partial charge in [-0.1, -0.05) is 0 Å². The highest BCUT2D eigenvalue weighted by molar-refractivity contribution is 5.92. The van der Waals surface area contributed by atoms with E-state index in [1.165, 1.54) is 30.0 Å². The van der Waals surface area contributed by atoms with E-state index in [2.05, 4.69) is 14.9 Å². The summed E-state index contributed by atoms with van der Waals surface area (Å²) >= 11 is 0. The number of fused-ring (bicyclic) bond motifs is 2. The van der Waals surface area contributed by atoms with E-state index >= 15 is 0 Å². The number of hydrogen-bond donors (Lipinski definition) is 2. The minimum Gasteiger partial charge on any atom is -0.365 e. The molecule has 0 radical (unpaired) electrons. The van der Waals surface area contributed by atoms with Gasteiger partial charge in [-0.15, -0.1) is 0 Å². The maximum atomic E-state index is 12.7. The monoisotopic (exact) mass is 379 g/mol. The van der Waals surface area contributed by atoms with Gasteiger partial charge < -0.3 is 9.80 Å². The summed E-state index contributed by atoms with van der Waals surface area (Å²) in [5, 5.41) is 8.62. The Morgan fingerprint density at radius 2 is 1.67 bits per heavy atom. The average molecular weight is 379 g/mol. The average Bonchev–Trinajstić information content (AvgIpc) is 3.28. The van der Waals surface area contributed by atoms with Crippen LogP contribution in [-0.2, 0) is 6.18 Å². The van der Waals surface area contributed by atoms with Crippen molar-refractivity contribution in [3.8, 4) is 0 Å². The standard InChI is InChI=1S/C17H16F3N5O2/c18-17(19,20)11-1-3-12(4-2-11)24-8-14-5-13(24)9-25(14)16-21-6-10(7-22-16)15(26)23-27/h1-4,6-7,13-14,27H,5,8-9H2,(H,23,26)/t13-,14-/m1/s1. The van der Waals surface area contributed by atoms with E-state index in [0.29, 0.717) is 19.0 Å². The predicted molar refractivity (Wildman–Crippen MR) is 89.6 cm³/mol. The van der Waals surface area contributed by atoms with E-state index in [0.717, 1.165) is 24.2 Å². The number of amides is 1. The summed E-state index contributed by atoms with van der Waals surface area (Å²) < 4.78 is 38.1. The predicted octanol–water partition coefficient (Wildman–Crippen LogP) is 2.08. The second-order valence-corrected chi connectivity index (χ2v) is 6.61. The fourth-order valence-electron chi connectivity index (χ4n) is 3.72. The first-order valence-corrected chi connectivity index (χ1v) is 8.34. The van der Waals surface area contributed by atoms with Crippen molar-refractivity contribution in [1.82, 2.24) is 15.4 Å². The van der Waals surface area contributed by atoms with Crippen LogP contribution < -0.4 is 15.3 Å². The molecule has 2 aromatic rings. The molecule has 0 aliphatic carbocycles. The number of rotatable bonds is 3. The minimum atomic E-state index is -4.34. The van der Waals surface area contributed by atoms with E-state index in [1.807, 2.05) is 4.90 Å². The molecule has 7 nitrogen and oxygen atoms in total. The van der Waals surface area contributed by atoms with Crippen LogP contribution in [0, 0.1) is 0 Å². The Bertz CT molecular complexity index is 841. The van der Waals surface area contributed by atoms with Gasteiger partial charge in [0.15, 0.2) is 0 Å². The maximum Gasteiger partial charge on any atom is 0.416 e. The number of benzene rings is 1. The van der Waals surface area contributed by atoms with Gasteiger partial charge in [-0.3, -0.25) is 10.0 Å². The van der Waals surface area contributed by atoms with Crippen LogP contribution in [0.2, 0.25) is 0 Å². The molecule has 2 fully saturated rings.